The number of sulfonamides is 1. The Labute approximate surface area is 176 Å². The van der Waals surface area contributed by atoms with Gasteiger partial charge < -0.3 is 9.64 Å². The Morgan fingerprint density at radius 2 is 1.90 bits per heavy atom. The van der Waals surface area contributed by atoms with Crippen LogP contribution in [0.5, 0.6) is 5.75 Å². The lowest BCUT2D eigenvalue weighted by atomic mass is 10.3. The minimum Gasteiger partial charge on any atom is -0.406 e. The Morgan fingerprint density at radius 3 is 2.55 bits per heavy atom. The normalized spacial score (nSPS) is 17.6. The van der Waals surface area contributed by atoms with Crippen LogP contribution in [-0.2, 0) is 10.0 Å². The first-order valence-corrected chi connectivity index (χ1v) is 10.9. The number of fused-ring (bicyclic) bond motifs is 1. The summed E-state index contributed by atoms with van der Waals surface area (Å²) < 4.78 is 68.3. The molecule has 31 heavy (non-hydrogen) atoms. The second kappa shape index (κ2) is 7.68. The number of hydrogen-bond acceptors (Lipinski definition) is 6. The van der Waals surface area contributed by atoms with Crippen LogP contribution in [-0.4, -0.2) is 66.3 Å². The van der Waals surface area contributed by atoms with Gasteiger partial charge in [-0.05, 0) is 30.7 Å². The minimum absolute atomic E-state index is 0.312. The van der Waals surface area contributed by atoms with Crippen LogP contribution in [0, 0.1) is 0 Å². The van der Waals surface area contributed by atoms with E-state index < -0.39 is 21.6 Å². The number of halogens is 3. The fourth-order valence-electron chi connectivity index (χ4n) is 3.49. The predicted molar refractivity (Wildman–Crippen MR) is 109 cm³/mol. The first-order chi connectivity index (χ1) is 14.5. The van der Waals surface area contributed by atoms with Crippen molar-refractivity contribution in [1.29, 1.82) is 0 Å². The number of benzene rings is 1. The molecule has 0 N–H and O–H groups in total. The Kier molecular flexibility index (Phi) is 5.30. The van der Waals surface area contributed by atoms with Crippen LogP contribution in [0.2, 0.25) is 0 Å². The standard InChI is InChI=1S/C19H20F3N5O3S/c1-25(2)31(28,29)16-7-8-26(12-16)18-9-17-13(10-23-18)11-27(24-17)14-3-5-15(6-4-14)30-19(20,21)22/h3-6,9-11,16H,7-8,12H2,1-2H3. The average Bonchev–Trinajstić information content (AvgIpc) is 3.34. The number of ether oxygens (including phenoxy) is 1. The van der Waals surface area contributed by atoms with E-state index in [9.17, 15) is 21.6 Å². The largest absolute Gasteiger partial charge is 0.573 e. The van der Waals surface area contributed by atoms with Gasteiger partial charge in [0.15, 0.2) is 0 Å². The molecule has 0 aliphatic carbocycles. The molecule has 3 heterocycles. The van der Waals surface area contributed by atoms with Crippen molar-refractivity contribution in [2.24, 2.45) is 0 Å². The molecule has 0 amide bonds. The molecule has 1 aromatic carbocycles. The van der Waals surface area contributed by atoms with E-state index in [1.807, 2.05) is 4.90 Å². The summed E-state index contributed by atoms with van der Waals surface area (Å²) in [5, 5.41) is 4.73. The lowest BCUT2D eigenvalue weighted by Gasteiger charge is -2.19. The molecular formula is C19H20F3N5O3S. The molecule has 1 unspecified atom stereocenters. The van der Waals surface area contributed by atoms with Crippen LogP contribution < -0.4 is 9.64 Å². The molecule has 8 nitrogen and oxygen atoms in total. The van der Waals surface area contributed by atoms with Gasteiger partial charge in [0, 0.05) is 51.0 Å². The SMILES string of the molecule is CN(C)S(=O)(=O)C1CCN(c2cc3nn(-c4ccc(OC(F)(F)F)cc4)cc3cn2)C1. The summed E-state index contributed by atoms with van der Waals surface area (Å²) in [6, 6.07) is 7.15. The molecule has 0 saturated carbocycles. The van der Waals surface area contributed by atoms with Crippen LogP contribution >= 0.6 is 0 Å². The van der Waals surface area contributed by atoms with Crippen LogP contribution in [0.25, 0.3) is 16.6 Å². The Bertz CT molecular complexity index is 1190. The summed E-state index contributed by atoms with van der Waals surface area (Å²) in [6.45, 7) is 0.915. The molecule has 12 heteroatoms. The van der Waals surface area contributed by atoms with Crippen LogP contribution in [0.15, 0.2) is 42.7 Å². The topological polar surface area (TPSA) is 80.6 Å². The molecule has 1 saturated heterocycles. The number of anilines is 1. The lowest BCUT2D eigenvalue weighted by molar-refractivity contribution is -0.274. The van der Waals surface area contributed by atoms with Crippen molar-refractivity contribution in [2.75, 3.05) is 32.1 Å². The van der Waals surface area contributed by atoms with Gasteiger partial charge in [0.2, 0.25) is 10.0 Å². The molecule has 1 fully saturated rings. The molecule has 1 aliphatic rings. The molecule has 1 aliphatic heterocycles. The molecule has 0 radical (unpaired) electrons. The molecular weight excluding hydrogens is 435 g/mol. The number of pyridine rings is 1. The van der Waals surface area contributed by atoms with Gasteiger partial charge in [0.25, 0.3) is 0 Å². The van der Waals surface area contributed by atoms with Crippen LogP contribution in [0.4, 0.5) is 19.0 Å². The maximum absolute atomic E-state index is 12.4. The smallest absolute Gasteiger partial charge is 0.406 e. The number of hydrogen-bond donors (Lipinski definition) is 0. The van der Waals surface area contributed by atoms with Gasteiger partial charge in [0.05, 0.1) is 16.5 Å². The highest BCUT2D eigenvalue weighted by molar-refractivity contribution is 7.89. The third-order valence-corrected chi connectivity index (χ3v) is 7.35. The van der Waals surface area contributed by atoms with Gasteiger partial charge in [-0.25, -0.2) is 22.4 Å². The van der Waals surface area contributed by atoms with E-state index in [0.717, 1.165) is 5.39 Å². The maximum atomic E-state index is 12.4. The first-order valence-electron chi connectivity index (χ1n) is 9.41. The van der Waals surface area contributed by atoms with E-state index in [-0.39, 0.29) is 5.75 Å². The van der Waals surface area contributed by atoms with Crippen LogP contribution in [0.3, 0.4) is 0 Å². The van der Waals surface area contributed by atoms with Crippen molar-refractivity contribution in [2.45, 2.75) is 18.0 Å². The zero-order chi connectivity index (χ0) is 22.4. The van der Waals surface area contributed by atoms with Gasteiger partial charge in [0.1, 0.15) is 11.6 Å². The first kappa shape index (κ1) is 21.4. The monoisotopic (exact) mass is 455 g/mol. The number of rotatable bonds is 5. The van der Waals surface area contributed by atoms with Crippen molar-refractivity contribution in [3.05, 3.63) is 42.7 Å². The highest BCUT2D eigenvalue weighted by Crippen LogP contribution is 2.27. The number of alkyl halides is 3. The third kappa shape index (κ3) is 4.44. The minimum atomic E-state index is -4.75. The van der Waals surface area contributed by atoms with E-state index >= 15 is 0 Å². The second-order valence-corrected chi connectivity index (χ2v) is 9.83. The molecule has 2 aromatic heterocycles. The average molecular weight is 455 g/mol. The van der Waals surface area contributed by atoms with Crippen molar-refractivity contribution < 1.29 is 26.3 Å². The van der Waals surface area contributed by atoms with E-state index in [4.69, 9.17) is 0 Å². The van der Waals surface area contributed by atoms with E-state index in [1.54, 1.807) is 18.5 Å². The highest BCUT2D eigenvalue weighted by atomic mass is 32.2. The molecule has 4 rings (SSSR count). The summed E-state index contributed by atoms with van der Waals surface area (Å²) in [4.78, 5) is 6.34. The van der Waals surface area contributed by atoms with Crippen molar-refractivity contribution in [1.82, 2.24) is 19.1 Å². The molecule has 166 valence electrons. The highest BCUT2D eigenvalue weighted by Gasteiger charge is 2.35. The van der Waals surface area contributed by atoms with E-state index in [1.165, 1.54) is 47.3 Å². The maximum Gasteiger partial charge on any atom is 0.573 e. The fourth-order valence-corrected chi connectivity index (χ4v) is 4.86. The Morgan fingerprint density at radius 1 is 1.19 bits per heavy atom. The molecule has 0 bridgehead atoms. The van der Waals surface area contributed by atoms with E-state index in [0.29, 0.717) is 36.5 Å². The third-order valence-electron chi connectivity index (χ3n) is 5.11. The predicted octanol–water partition coefficient (Wildman–Crippen LogP) is 2.79. The molecule has 3 aromatic rings. The second-order valence-electron chi connectivity index (χ2n) is 7.40. The van der Waals surface area contributed by atoms with Gasteiger partial charge in [-0.1, -0.05) is 0 Å². The van der Waals surface area contributed by atoms with Gasteiger partial charge in [-0.3, -0.25) is 0 Å². The van der Waals surface area contributed by atoms with Gasteiger partial charge in [-0.15, -0.1) is 13.2 Å². The summed E-state index contributed by atoms with van der Waals surface area (Å²) in [6.07, 6.45) is -0.871. The van der Waals surface area contributed by atoms with Crippen molar-refractivity contribution >= 4 is 26.7 Å². The van der Waals surface area contributed by atoms with Crippen LogP contribution in [0.1, 0.15) is 6.42 Å². The zero-order valence-corrected chi connectivity index (χ0v) is 17.6. The number of aromatic nitrogens is 3. The quantitative estimate of drug-likeness (QED) is 0.589. The summed E-state index contributed by atoms with van der Waals surface area (Å²) in [5.41, 5.74) is 1.20. The lowest BCUT2D eigenvalue weighted by Crippen LogP contribution is -2.35. The zero-order valence-electron chi connectivity index (χ0n) is 16.7. The van der Waals surface area contributed by atoms with Crippen molar-refractivity contribution in [3.63, 3.8) is 0 Å². The Balaban J connectivity index is 1.54. The van der Waals surface area contributed by atoms with Gasteiger partial charge in [-0.2, -0.15) is 5.10 Å². The number of nitrogens with zero attached hydrogens (tertiary/aromatic N) is 5. The van der Waals surface area contributed by atoms with Crippen molar-refractivity contribution in [3.8, 4) is 11.4 Å². The molecule has 0 spiro atoms. The summed E-state index contributed by atoms with van der Waals surface area (Å²) in [7, 11) is -0.294. The van der Waals surface area contributed by atoms with E-state index in [2.05, 4.69) is 14.8 Å². The summed E-state index contributed by atoms with van der Waals surface area (Å²) >= 11 is 0. The fraction of sp³-hybridized carbons (Fsp3) is 0.368. The molecule has 1 atom stereocenters. The summed E-state index contributed by atoms with van der Waals surface area (Å²) in [5.74, 6) is 0.316. The Hall–Kier alpha value is -2.86. The van der Waals surface area contributed by atoms with Gasteiger partial charge >= 0.3 is 6.36 Å².